The number of pyridine rings is 1. The average molecular weight is 307 g/mol. The van der Waals surface area contributed by atoms with E-state index in [1.54, 1.807) is 6.20 Å². The fourth-order valence-corrected chi connectivity index (χ4v) is 2.71. The van der Waals surface area contributed by atoms with Gasteiger partial charge in [0.15, 0.2) is 0 Å². The van der Waals surface area contributed by atoms with Gasteiger partial charge in [0, 0.05) is 24.5 Å². The largest absolute Gasteiger partial charge is 0.478 e. The summed E-state index contributed by atoms with van der Waals surface area (Å²) in [6.07, 6.45) is 6.24. The Balaban J connectivity index is 1.99. The van der Waals surface area contributed by atoms with Crippen molar-refractivity contribution in [1.29, 1.82) is 0 Å². The number of aromatic nitrogens is 3. The molecule has 5 nitrogen and oxygen atoms in total. The average Bonchev–Trinajstić information content (AvgIpc) is 2.98. The van der Waals surface area contributed by atoms with Crippen LogP contribution in [-0.2, 0) is 12.8 Å². The van der Waals surface area contributed by atoms with Gasteiger partial charge in [-0.1, -0.05) is 25.1 Å². The lowest BCUT2D eigenvalue weighted by Crippen LogP contribution is -2.06. The van der Waals surface area contributed by atoms with E-state index in [-0.39, 0.29) is 5.56 Å². The van der Waals surface area contributed by atoms with Gasteiger partial charge in [0.2, 0.25) is 0 Å². The van der Waals surface area contributed by atoms with Crippen molar-refractivity contribution in [3.05, 3.63) is 77.4 Å². The van der Waals surface area contributed by atoms with Crippen molar-refractivity contribution in [3.8, 4) is 5.69 Å². The number of para-hydroxylation sites is 1. The molecule has 3 rings (SSSR count). The Labute approximate surface area is 134 Å². The fraction of sp³-hybridized carbons (Fsp3) is 0.167. The van der Waals surface area contributed by atoms with Crippen LogP contribution in [0.4, 0.5) is 0 Å². The molecule has 0 amide bonds. The molecule has 0 unspecified atom stereocenters. The molecule has 0 aliphatic rings. The number of hydrogen-bond donors (Lipinski definition) is 1. The van der Waals surface area contributed by atoms with Gasteiger partial charge in [-0.3, -0.25) is 4.98 Å². The predicted molar refractivity (Wildman–Crippen MR) is 86.9 cm³/mol. The van der Waals surface area contributed by atoms with E-state index in [1.807, 2.05) is 41.2 Å². The van der Waals surface area contributed by atoms with Gasteiger partial charge in [0.25, 0.3) is 0 Å². The third kappa shape index (κ3) is 2.99. The molecule has 1 N–H and O–H groups in total. The van der Waals surface area contributed by atoms with E-state index in [2.05, 4.69) is 17.0 Å². The highest BCUT2D eigenvalue weighted by atomic mass is 16.4. The number of carboxylic acid groups (broad SMARTS) is 1. The summed E-state index contributed by atoms with van der Waals surface area (Å²) in [5.74, 6) is -0.934. The van der Waals surface area contributed by atoms with E-state index in [0.717, 1.165) is 23.4 Å². The molecule has 0 saturated carbocycles. The Morgan fingerprint density at radius 2 is 1.91 bits per heavy atom. The van der Waals surface area contributed by atoms with E-state index >= 15 is 0 Å². The number of benzene rings is 1. The maximum Gasteiger partial charge on any atom is 0.336 e. The quantitative estimate of drug-likeness (QED) is 0.786. The summed E-state index contributed by atoms with van der Waals surface area (Å²) in [5, 5.41) is 13.8. The normalized spacial score (nSPS) is 10.7. The Hall–Kier alpha value is -2.95. The van der Waals surface area contributed by atoms with Gasteiger partial charge in [-0.15, -0.1) is 0 Å². The molecule has 23 heavy (non-hydrogen) atoms. The number of rotatable bonds is 5. The number of carbonyl (C=O) groups is 1. The molecular formula is C18H17N3O2. The zero-order valence-corrected chi connectivity index (χ0v) is 12.8. The maximum absolute atomic E-state index is 11.3. The van der Waals surface area contributed by atoms with Crippen molar-refractivity contribution in [1.82, 2.24) is 14.8 Å². The van der Waals surface area contributed by atoms with Gasteiger partial charge in [0.05, 0.1) is 17.4 Å². The number of nitrogens with zero attached hydrogens (tertiary/aromatic N) is 3. The molecule has 116 valence electrons. The van der Waals surface area contributed by atoms with Crippen LogP contribution in [0.1, 0.15) is 34.1 Å². The molecule has 0 spiro atoms. The highest BCUT2D eigenvalue weighted by molar-refractivity contribution is 5.89. The van der Waals surface area contributed by atoms with E-state index in [9.17, 15) is 9.90 Å². The van der Waals surface area contributed by atoms with Crippen molar-refractivity contribution >= 4 is 5.97 Å². The van der Waals surface area contributed by atoms with Gasteiger partial charge < -0.3 is 5.11 Å². The lowest BCUT2D eigenvalue weighted by Gasteiger charge is -2.09. The Kier molecular flexibility index (Phi) is 4.19. The van der Waals surface area contributed by atoms with Crippen LogP contribution in [-0.4, -0.2) is 25.8 Å². The molecule has 1 aromatic carbocycles. The Bertz CT molecular complexity index is 825. The molecule has 3 aromatic rings. The first-order valence-corrected chi connectivity index (χ1v) is 7.48. The third-order valence-corrected chi connectivity index (χ3v) is 3.81. The smallest absolute Gasteiger partial charge is 0.336 e. The lowest BCUT2D eigenvalue weighted by atomic mass is 10.0. The van der Waals surface area contributed by atoms with Crippen LogP contribution in [0.25, 0.3) is 5.69 Å². The van der Waals surface area contributed by atoms with Crippen molar-refractivity contribution in [2.75, 3.05) is 0 Å². The second-order valence-corrected chi connectivity index (χ2v) is 5.23. The first-order chi connectivity index (χ1) is 11.2. The van der Waals surface area contributed by atoms with Crippen LogP contribution >= 0.6 is 0 Å². The summed E-state index contributed by atoms with van der Waals surface area (Å²) in [4.78, 5) is 15.4. The molecule has 0 atom stereocenters. The molecule has 0 saturated heterocycles. The second-order valence-electron chi connectivity index (χ2n) is 5.23. The Morgan fingerprint density at radius 1 is 1.13 bits per heavy atom. The molecule has 0 aliphatic carbocycles. The summed E-state index contributed by atoms with van der Waals surface area (Å²) >= 11 is 0. The minimum Gasteiger partial charge on any atom is -0.478 e. The van der Waals surface area contributed by atoms with E-state index in [4.69, 9.17) is 0 Å². The summed E-state index contributed by atoms with van der Waals surface area (Å²) in [5.41, 5.74) is 4.08. The van der Waals surface area contributed by atoms with E-state index < -0.39 is 5.97 Å². The van der Waals surface area contributed by atoms with Crippen LogP contribution in [0.5, 0.6) is 0 Å². The molecule has 5 heteroatoms. The second kappa shape index (κ2) is 6.44. The van der Waals surface area contributed by atoms with Crippen molar-refractivity contribution in [3.63, 3.8) is 0 Å². The predicted octanol–water partition coefficient (Wildman–Crippen LogP) is 3.12. The zero-order valence-electron chi connectivity index (χ0n) is 12.8. The van der Waals surface area contributed by atoms with Crippen molar-refractivity contribution in [2.24, 2.45) is 0 Å². The maximum atomic E-state index is 11.3. The minimum absolute atomic E-state index is 0.287. The molecule has 0 aliphatic heterocycles. The fourth-order valence-electron chi connectivity index (χ4n) is 2.71. The van der Waals surface area contributed by atoms with Crippen LogP contribution in [0.2, 0.25) is 0 Å². The first-order valence-electron chi connectivity index (χ1n) is 7.48. The highest BCUT2D eigenvalue weighted by Gasteiger charge is 2.15. The number of aromatic carboxylic acids is 1. The molecule has 0 fully saturated rings. The van der Waals surface area contributed by atoms with Crippen LogP contribution in [0.3, 0.4) is 0 Å². The molecule has 0 radical (unpaired) electrons. The van der Waals surface area contributed by atoms with Crippen LogP contribution < -0.4 is 0 Å². The van der Waals surface area contributed by atoms with Crippen LogP contribution in [0, 0.1) is 0 Å². The third-order valence-electron chi connectivity index (χ3n) is 3.81. The molecular weight excluding hydrogens is 290 g/mol. The summed E-state index contributed by atoms with van der Waals surface area (Å²) in [7, 11) is 0. The number of hydrogen-bond acceptors (Lipinski definition) is 3. The van der Waals surface area contributed by atoms with E-state index in [0.29, 0.717) is 12.0 Å². The number of carboxylic acids is 1. The molecule has 2 heterocycles. The molecule has 2 aromatic heterocycles. The highest BCUT2D eigenvalue weighted by Crippen LogP contribution is 2.20. The topological polar surface area (TPSA) is 68.0 Å². The SMILES string of the molecule is CCc1c(Cc2cnccc2C(=O)O)cnn1-c1ccccc1. The van der Waals surface area contributed by atoms with Crippen molar-refractivity contribution in [2.45, 2.75) is 19.8 Å². The first kappa shape index (κ1) is 15.0. The van der Waals surface area contributed by atoms with Crippen molar-refractivity contribution < 1.29 is 9.90 Å². The molecule has 0 bridgehead atoms. The standard InChI is InChI=1S/C18H17N3O2/c1-2-17-14(10-13-11-19-9-8-16(13)18(22)23)12-20-21(17)15-6-4-3-5-7-15/h3-9,11-12H,2,10H2,1H3,(H,22,23). The van der Waals surface area contributed by atoms with Gasteiger partial charge in [-0.05, 0) is 35.7 Å². The van der Waals surface area contributed by atoms with Gasteiger partial charge >= 0.3 is 5.97 Å². The minimum atomic E-state index is -0.934. The lowest BCUT2D eigenvalue weighted by molar-refractivity contribution is 0.0695. The summed E-state index contributed by atoms with van der Waals surface area (Å²) in [6, 6.07) is 11.4. The van der Waals surface area contributed by atoms with E-state index in [1.165, 1.54) is 12.3 Å². The summed E-state index contributed by atoms with van der Waals surface area (Å²) < 4.78 is 1.91. The zero-order chi connectivity index (χ0) is 16.2. The van der Waals surface area contributed by atoms with Crippen LogP contribution in [0.15, 0.2) is 55.0 Å². The Morgan fingerprint density at radius 3 is 2.61 bits per heavy atom. The van der Waals surface area contributed by atoms with Gasteiger partial charge in [-0.25, -0.2) is 9.48 Å². The van der Waals surface area contributed by atoms with Gasteiger partial charge in [0.1, 0.15) is 0 Å². The van der Waals surface area contributed by atoms with Gasteiger partial charge in [-0.2, -0.15) is 5.10 Å². The summed E-state index contributed by atoms with van der Waals surface area (Å²) in [6.45, 7) is 2.07. The monoisotopic (exact) mass is 307 g/mol.